The second-order valence-corrected chi connectivity index (χ2v) is 6.17. The van der Waals surface area contributed by atoms with Gasteiger partial charge in [0.1, 0.15) is 11.4 Å². The third kappa shape index (κ3) is 3.47. The van der Waals surface area contributed by atoms with Gasteiger partial charge in [0.05, 0.1) is 11.1 Å². The molecule has 0 bridgehead atoms. The molecule has 1 aromatic rings. The normalized spacial score (nSPS) is 25.5. The van der Waals surface area contributed by atoms with E-state index in [4.69, 9.17) is 11.6 Å². The molecule has 2 rings (SSSR count). The lowest BCUT2D eigenvalue weighted by Gasteiger charge is -2.40. The minimum Gasteiger partial charge on any atom is -0.393 e. The van der Waals surface area contributed by atoms with Crippen LogP contribution in [0.1, 0.15) is 25.7 Å². The first-order chi connectivity index (χ1) is 9.84. The first-order valence-electron chi connectivity index (χ1n) is 6.97. The Morgan fingerprint density at radius 1 is 1.43 bits per heavy atom. The van der Waals surface area contributed by atoms with E-state index in [1.807, 2.05) is 0 Å². The quantitative estimate of drug-likeness (QED) is 0.902. The van der Waals surface area contributed by atoms with Crippen LogP contribution in [0.2, 0.25) is 5.02 Å². The van der Waals surface area contributed by atoms with Crippen molar-refractivity contribution in [3.8, 4) is 0 Å². The van der Waals surface area contributed by atoms with Gasteiger partial charge in [0.25, 0.3) is 0 Å². The van der Waals surface area contributed by atoms with Crippen molar-refractivity contribution in [1.29, 1.82) is 0 Å². The Labute approximate surface area is 128 Å². The van der Waals surface area contributed by atoms with Crippen LogP contribution in [0, 0.1) is 5.82 Å². The van der Waals surface area contributed by atoms with Crippen molar-refractivity contribution in [1.82, 2.24) is 4.90 Å². The largest absolute Gasteiger partial charge is 0.393 e. The number of hydrogen-bond donors (Lipinski definition) is 2. The Bertz CT molecular complexity index is 528. The third-order valence-electron chi connectivity index (χ3n) is 3.93. The topological polar surface area (TPSA) is 52.6 Å². The Kier molecular flexibility index (Phi) is 4.74. The zero-order valence-electron chi connectivity index (χ0n) is 12.2. The summed E-state index contributed by atoms with van der Waals surface area (Å²) in [7, 11) is 3.41. The average molecular weight is 315 g/mol. The summed E-state index contributed by atoms with van der Waals surface area (Å²) in [6.45, 7) is 0. The van der Waals surface area contributed by atoms with Crippen LogP contribution in [0.3, 0.4) is 0 Å². The molecule has 4 nitrogen and oxygen atoms in total. The van der Waals surface area contributed by atoms with E-state index in [2.05, 4.69) is 5.32 Å². The summed E-state index contributed by atoms with van der Waals surface area (Å²) in [6.07, 6.45) is 1.80. The number of amides is 1. The number of carbonyl (C=O) groups excluding carboxylic acids is 1. The zero-order valence-corrected chi connectivity index (χ0v) is 13.0. The van der Waals surface area contributed by atoms with Gasteiger partial charge in [-0.3, -0.25) is 4.79 Å². The molecular weight excluding hydrogens is 295 g/mol. The van der Waals surface area contributed by atoms with E-state index in [1.54, 1.807) is 20.2 Å². The minimum absolute atomic E-state index is 0.0169. The van der Waals surface area contributed by atoms with Crippen molar-refractivity contribution in [2.45, 2.75) is 37.3 Å². The van der Waals surface area contributed by atoms with Crippen molar-refractivity contribution < 1.29 is 14.3 Å². The molecular formula is C15H20ClFN2O2. The van der Waals surface area contributed by atoms with Crippen molar-refractivity contribution in [3.05, 3.63) is 29.0 Å². The second-order valence-electron chi connectivity index (χ2n) is 5.77. The van der Waals surface area contributed by atoms with E-state index in [0.717, 1.165) is 0 Å². The number of aliphatic hydroxyl groups excluding tert-OH is 1. The summed E-state index contributed by atoms with van der Waals surface area (Å²) in [5, 5.41) is 12.9. The lowest BCUT2D eigenvalue weighted by atomic mass is 9.79. The molecule has 0 unspecified atom stereocenters. The van der Waals surface area contributed by atoms with Crippen LogP contribution in [-0.4, -0.2) is 41.7 Å². The molecule has 0 saturated heterocycles. The molecule has 6 heteroatoms. The van der Waals surface area contributed by atoms with Gasteiger partial charge < -0.3 is 15.3 Å². The van der Waals surface area contributed by atoms with Crippen molar-refractivity contribution in [2.75, 3.05) is 19.4 Å². The lowest BCUT2D eigenvalue weighted by Crippen LogP contribution is -2.54. The number of hydrogen-bond acceptors (Lipinski definition) is 3. The fourth-order valence-corrected chi connectivity index (χ4v) is 2.95. The number of carbonyl (C=O) groups is 1. The number of nitrogens with zero attached hydrogens (tertiary/aromatic N) is 1. The highest BCUT2D eigenvalue weighted by Crippen LogP contribution is 2.34. The number of benzene rings is 1. The van der Waals surface area contributed by atoms with Crippen LogP contribution < -0.4 is 5.32 Å². The molecule has 1 aromatic carbocycles. The molecule has 0 aliphatic heterocycles. The van der Waals surface area contributed by atoms with E-state index in [1.165, 1.54) is 17.0 Å². The van der Waals surface area contributed by atoms with Crippen LogP contribution in [0.15, 0.2) is 18.2 Å². The Morgan fingerprint density at radius 2 is 2.05 bits per heavy atom. The maximum Gasteiger partial charge on any atom is 0.247 e. The van der Waals surface area contributed by atoms with Gasteiger partial charge in [-0.1, -0.05) is 11.6 Å². The standard InChI is InChI=1S/C15H20ClFN2O2/c1-19(2)14(21)15(7-5-11(20)6-8-15)18-10-3-4-13(17)12(16)9-10/h3-4,9,11,18,20H,5-8H2,1-2H3. The van der Waals surface area contributed by atoms with E-state index in [9.17, 15) is 14.3 Å². The molecule has 1 saturated carbocycles. The Balaban J connectivity index is 2.27. The summed E-state index contributed by atoms with van der Waals surface area (Å²) >= 11 is 5.79. The first kappa shape index (κ1) is 16.0. The van der Waals surface area contributed by atoms with Crippen LogP contribution in [-0.2, 0) is 4.79 Å². The molecule has 116 valence electrons. The lowest BCUT2D eigenvalue weighted by molar-refractivity contribution is -0.135. The minimum atomic E-state index is -0.774. The molecule has 1 amide bonds. The fourth-order valence-electron chi connectivity index (χ4n) is 2.77. The molecule has 0 aromatic heterocycles. The second kappa shape index (κ2) is 6.20. The Morgan fingerprint density at radius 3 is 2.57 bits per heavy atom. The van der Waals surface area contributed by atoms with Crippen LogP contribution in [0.25, 0.3) is 0 Å². The molecule has 1 aliphatic rings. The summed E-state index contributed by atoms with van der Waals surface area (Å²) in [6, 6.07) is 4.32. The fraction of sp³-hybridized carbons (Fsp3) is 0.533. The van der Waals surface area contributed by atoms with Gasteiger partial charge >= 0.3 is 0 Å². The van der Waals surface area contributed by atoms with Gasteiger partial charge in [0.2, 0.25) is 5.91 Å². The molecule has 1 aliphatic carbocycles. The van der Waals surface area contributed by atoms with E-state index in [0.29, 0.717) is 31.4 Å². The van der Waals surface area contributed by atoms with Crippen molar-refractivity contribution in [2.24, 2.45) is 0 Å². The number of halogens is 2. The molecule has 0 heterocycles. The van der Waals surface area contributed by atoms with E-state index >= 15 is 0 Å². The molecule has 1 fully saturated rings. The van der Waals surface area contributed by atoms with Crippen molar-refractivity contribution >= 4 is 23.2 Å². The predicted octanol–water partition coefficient (Wildman–Crippen LogP) is 2.65. The van der Waals surface area contributed by atoms with E-state index in [-0.39, 0.29) is 17.0 Å². The van der Waals surface area contributed by atoms with Gasteiger partial charge in [0, 0.05) is 19.8 Å². The molecule has 0 atom stereocenters. The summed E-state index contributed by atoms with van der Waals surface area (Å²) in [4.78, 5) is 14.1. The molecule has 2 N–H and O–H groups in total. The number of rotatable bonds is 3. The summed E-state index contributed by atoms with van der Waals surface area (Å²) < 4.78 is 13.2. The van der Waals surface area contributed by atoms with Gasteiger partial charge in [-0.25, -0.2) is 4.39 Å². The highest BCUT2D eigenvalue weighted by Gasteiger charge is 2.42. The molecule has 0 spiro atoms. The van der Waals surface area contributed by atoms with E-state index < -0.39 is 11.4 Å². The Hall–Kier alpha value is -1.33. The third-order valence-corrected chi connectivity index (χ3v) is 4.22. The number of anilines is 1. The maximum atomic E-state index is 13.2. The SMILES string of the molecule is CN(C)C(=O)C1(Nc2ccc(F)c(Cl)c2)CCC(O)CC1. The zero-order chi connectivity index (χ0) is 15.6. The summed E-state index contributed by atoms with van der Waals surface area (Å²) in [5.41, 5.74) is -0.169. The smallest absolute Gasteiger partial charge is 0.247 e. The van der Waals surface area contributed by atoms with Gasteiger partial charge in [-0.05, 0) is 43.9 Å². The first-order valence-corrected chi connectivity index (χ1v) is 7.35. The van der Waals surface area contributed by atoms with Crippen LogP contribution >= 0.6 is 11.6 Å². The monoisotopic (exact) mass is 314 g/mol. The van der Waals surface area contributed by atoms with Crippen molar-refractivity contribution in [3.63, 3.8) is 0 Å². The highest BCUT2D eigenvalue weighted by atomic mass is 35.5. The van der Waals surface area contributed by atoms with Crippen LogP contribution in [0.5, 0.6) is 0 Å². The van der Waals surface area contributed by atoms with Gasteiger partial charge in [0.15, 0.2) is 0 Å². The summed E-state index contributed by atoms with van der Waals surface area (Å²) in [5.74, 6) is -0.538. The average Bonchev–Trinajstić information content (AvgIpc) is 2.45. The highest BCUT2D eigenvalue weighted by molar-refractivity contribution is 6.31. The number of likely N-dealkylation sites (N-methyl/N-ethyl adjacent to an activating group) is 1. The van der Waals surface area contributed by atoms with Gasteiger partial charge in [-0.2, -0.15) is 0 Å². The maximum absolute atomic E-state index is 13.2. The number of nitrogens with one attached hydrogen (secondary N) is 1. The predicted molar refractivity (Wildman–Crippen MR) is 80.9 cm³/mol. The number of aliphatic hydroxyl groups is 1. The molecule has 0 radical (unpaired) electrons. The molecule has 21 heavy (non-hydrogen) atoms. The van der Waals surface area contributed by atoms with Crippen LogP contribution in [0.4, 0.5) is 10.1 Å². The van der Waals surface area contributed by atoms with Gasteiger partial charge in [-0.15, -0.1) is 0 Å².